The lowest BCUT2D eigenvalue weighted by molar-refractivity contribution is 0.876. The van der Waals surface area contributed by atoms with Crippen molar-refractivity contribution in [2.75, 3.05) is 7.05 Å². The molecule has 3 rings (SSSR count). The van der Waals surface area contributed by atoms with Crippen molar-refractivity contribution in [3.63, 3.8) is 0 Å². The number of aromatic nitrogens is 1. The zero-order valence-corrected chi connectivity index (χ0v) is 10.7. The van der Waals surface area contributed by atoms with E-state index in [4.69, 9.17) is 11.6 Å². The highest BCUT2D eigenvalue weighted by atomic mass is 35.5. The molecule has 0 saturated heterocycles. The van der Waals surface area contributed by atoms with Gasteiger partial charge in [-0.1, -0.05) is 23.7 Å². The van der Waals surface area contributed by atoms with Gasteiger partial charge in [-0.25, -0.2) is 0 Å². The molecule has 0 bridgehead atoms. The number of hydrogen-bond donors (Lipinski definition) is 0. The van der Waals surface area contributed by atoms with Crippen molar-refractivity contribution in [3.05, 3.63) is 38.5 Å². The van der Waals surface area contributed by atoms with Crippen molar-refractivity contribution < 1.29 is 0 Å². The molecule has 1 aromatic carbocycles. The van der Waals surface area contributed by atoms with Gasteiger partial charge in [-0.3, -0.25) is 4.99 Å². The summed E-state index contributed by atoms with van der Waals surface area (Å²) in [5, 5.41) is 0.871. The molecule has 4 heteroatoms. The largest absolute Gasteiger partial charge is 0.320 e. The monoisotopic (exact) mass is 250 g/mol. The van der Waals surface area contributed by atoms with Gasteiger partial charge >= 0.3 is 0 Å². The Morgan fingerprint density at radius 2 is 2.25 bits per heavy atom. The van der Waals surface area contributed by atoms with Gasteiger partial charge in [0.25, 0.3) is 0 Å². The number of benzene rings is 1. The first kappa shape index (κ1) is 10.1. The van der Waals surface area contributed by atoms with E-state index < -0.39 is 0 Å². The van der Waals surface area contributed by atoms with Crippen LogP contribution < -0.4 is 4.80 Å². The van der Waals surface area contributed by atoms with E-state index in [2.05, 4.69) is 22.7 Å². The molecule has 0 radical (unpaired) electrons. The molecule has 0 amide bonds. The Labute approximate surface area is 103 Å². The molecule has 0 N–H and O–H groups in total. The van der Waals surface area contributed by atoms with Crippen LogP contribution in [-0.2, 0) is 13.5 Å². The molecule has 0 aliphatic heterocycles. The summed E-state index contributed by atoms with van der Waals surface area (Å²) < 4.78 is 2.15. The number of fused-ring (bicyclic) bond motifs is 3. The summed E-state index contributed by atoms with van der Waals surface area (Å²) in [6.07, 6.45) is 0.943. The maximum Gasteiger partial charge on any atom is 0.184 e. The Kier molecular flexibility index (Phi) is 2.19. The predicted molar refractivity (Wildman–Crippen MR) is 68.0 cm³/mol. The molecule has 16 heavy (non-hydrogen) atoms. The summed E-state index contributed by atoms with van der Waals surface area (Å²) in [5.74, 6) is 0. The molecule has 1 heterocycles. The summed E-state index contributed by atoms with van der Waals surface area (Å²) in [6, 6.07) is 6.11. The summed E-state index contributed by atoms with van der Waals surface area (Å²) in [6.45, 7) is 0. The van der Waals surface area contributed by atoms with Gasteiger partial charge in [0.1, 0.15) is 0 Å². The summed E-state index contributed by atoms with van der Waals surface area (Å²) in [7, 11) is 3.90. The van der Waals surface area contributed by atoms with Gasteiger partial charge in [0.2, 0.25) is 0 Å². The second-order valence-electron chi connectivity index (χ2n) is 3.88. The normalized spacial score (nSPS) is 14.1. The van der Waals surface area contributed by atoms with E-state index in [9.17, 15) is 0 Å². The Balaban J connectivity index is 2.36. The molecule has 1 aromatic heterocycles. The fourth-order valence-electron chi connectivity index (χ4n) is 2.28. The smallest absolute Gasteiger partial charge is 0.184 e. The van der Waals surface area contributed by atoms with Crippen molar-refractivity contribution >= 4 is 22.9 Å². The lowest BCUT2D eigenvalue weighted by Gasteiger charge is -2.04. The molecule has 1 aliphatic rings. The first-order valence-electron chi connectivity index (χ1n) is 5.11. The van der Waals surface area contributed by atoms with E-state index in [1.807, 2.05) is 19.2 Å². The Morgan fingerprint density at radius 3 is 3.00 bits per heavy atom. The van der Waals surface area contributed by atoms with Crippen LogP contribution >= 0.6 is 22.9 Å². The highest BCUT2D eigenvalue weighted by molar-refractivity contribution is 7.09. The lowest BCUT2D eigenvalue weighted by atomic mass is 10.1. The van der Waals surface area contributed by atoms with E-state index >= 15 is 0 Å². The van der Waals surface area contributed by atoms with Crippen molar-refractivity contribution in [1.29, 1.82) is 0 Å². The quantitative estimate of drug-likeness (QED) is 0.584. The van der Waals surface area contributed by atoms with Gasteiger partial charge in [-0.05, 0) is 11.6 Å². The minimum absolute atomic E-state index is 0.871. The van der Waals surface area contributed by atoms with Gasteiger partial charge in [-0.2, -0.15) is 0 Å². The molecule has 1 aliphatic carbocycles. The molecule has 0 spiro atoms. The van der Waals surface area contributed by atoms with Crippen molar-refractivity contribution in [3.8, 4) is 11.3 Å². The zero-order chi connectivity index (χ0) is 11.3. The lowest BCUT2D eigenvalue weighted by Crippen LogP contribution is -2.10. The zero-order valence-electron chi connectivity index (χ0n) is 9.12. The van der Waals surface area contributed by atoms with Crippen molar-refractivity contribution in [1.82, 2.24) is 4.57 Å². The van der Waals surface area contributed by atoms with Crippen LogP contribution in [0.15, 0.2) is 23.2 Å². The van der Waals surface area contributed by atoms with Crippen LogP contribution in [-0.4, -0.2) is 11.6 Å². The molecule has 0 unspecified atom stereocenters. The van der Waals surface area contributed by atoms with Crippen LogP contribution in [0.3, 0.4) is 0 Å². The van der Waals surface area contributed by atoms with Gasteiger partial charge < -0.3 is 4.57 Å². The maximum atomic E-state index is 6.21. The number of halogens is 1. The number of thiazole rings is 1. The topological polar surface area (TPSA) is 17.3 Å². The van der Waals surface area contributed by atoms with Gasteiger partial charge in [0.05, 0.1) is 5.69 Å². The second-order valence-corrected chi connectivity index (χ2v) is 5.35. The minimum Gasteiger partial charge on any atom is -0.320 e. The molecule has 2 aromatic rings. The second kappa shape index (κ2) is 3.47. The van der Waals surface area contributed by atoms with Crippen LogP contribution in [0.5, 0.6) is 0 Å². The summed E-state index contributed by atoms with van der Waals surface area (Å²) in [4.78, 5) is 6.71. The highest BCUT2D eigenvalue weighted by Gasteiger charge is 2.24. The average molecular weight is 251 g/mol. The van der Waals surface area contributed by atoms with Crippen LogP contribution in [0.4, 0.5) is 0 Å². The SMILES string of the molecule is CN=c1sc2c(n1C)-c1cccc(Cl)c1C2. The highest BCUT2D eigenvalue weighted by Crippen LogP contribution is 2.40. The third-order valence-corrected chi connectivity index (χ3v) is 4.58. The van der Waals surface area contributed by atoms with Gasteiger partial charge in [0, 0.05) is 36.0 Å². The standard InChI is InChI=1S/C12H11ClN2S/c1-14-12-15(2)11-7-4-3-5-9(13)8(7)6-10(11)16-12/h3-5H,6H2,1-2H3. The van der Waals surface area contributed by atoms with Crippen molar-refractivity contribution in [2.45, 2.75) is 6.42 Å². The van der Waals surface area contributed by atoms with E-state index in [0.717, 1.165) is 16.2 Å². The fourth-order valence-corrected chi connectivity index (χ4v) is 3.62. The van der Waals surface area contributed by atoms with Crippen LogP contribution in [0, 0.1) is 0 Å². The Hall–Kier alpha value is -1.06. The fraction of sp³-hybridized carbons (Fsp3) is 0.250. The number of hydrogen-bond acceptors (Lipinski definition) is 2. The predicted octanol–water partition coefficient (Wildman–Crippen LogP) is 2.84. The molecular formula is C12H11ClN2S. The molecule has 2 nitrogen and oxygen atoms in total. The van der Waals surface area contributed by atoms with E-state index in [-0.39, 0.29) is 0 Å². The summed E-state index contributed by atoms with van der Waals surface area (Å²) >= 11 is 7.97. The minimum atomic E-state index is 0.871. The molecule has 82 valence electrons. The first-order valence-corrected chi connectivity index (χ1v) is 6.31. The number of rotatable bonds is 0. The summed E-state index contributed by atoms with van der Waals surface area (Å²) in [5.41, 5.74) is 3.79. The molecule has 0 fully saturated rings. The third-order valence-electron chi connectivity index (χ3n) is 3.00. The third kappa shape index (κ3) is 1.22. The van der Waals surface area contributed by atoms with Crippen LogP contribution in [0.25, 0.3) is 11.3 Å². The molecule has 0 atom stereocenters. The van der Waals surface area contributed by atoms with Gasteiger partial charge in [-0.15, -0.1) is 11.3 Å². The Bertz CT molecular complexity index is 637. The average Bonchev–Trinajstić information content (AvgIpc) is 2.77. The van der Waals surface area contributed by atoms with Crippen LogP contribution in [0.1, 0.15) is 10.4 Å². The van der Waals surface area contributed by atoms with E-state index in [0.29, 0.717) is 0 Å². The Morgan fingerprint density at radius 1 is 1.44 bits per heavy atom. The van der Waals surface area contributed by atoms with E-state index in [1.165, 1.54) is 21.7 Å². The van der Waals surface area contributed by atoms with E-state index in [1.54, 1.807) is 11.3 Å². The maximum absolute atomic E-state index is 6.21. The number of nitrogens with zero attached hydrogens (tertiary/aromatic N) is 2. The van der Waals surface area contributed by atoms with Gasteiger partial charge in [0.15, 0.2) is 4.80 Å². The molecular weight excluding hydrogens is 240 g/mol. The van der Waals surface area contributed by atoms with Crippen molar-refractivity contribution in [2.24, 2.45) is 12.0 Å². The van der Waals surface area contributed by atoms with Crippen LogP contribution in [0.2, 0.25) is 5.02 Å². The molecule has 0 saturated carbocycles. The first-order chi connectivity index (χ1) is 7.72.